The Balaban J connectivity index is 1.90. The molecule has 0 spiro atoms. The lowest BCUT2D eigenvalue weighted by Gasteiger charge is -2.01. The van der Waals surface area contributed by atoms with Crippen LogP contribution in [-0.2, 0) is 4.74 Å². The van der Waals surface area contributed by atoms with E-state index in [1.54, 1.807) is 12.1 Å². The van der Waals surface area contributed by atoms with Crippen molar-refractivity contribution in [3.63, 3.8) is 0 Å². The molecule has 128 valence electrons. The molecule has 1 rings (SSSR count). The molecule has 23 heavy (non-hydrogen) atoms. The van der Waals surface area contributed by atoms with Gasteiger partial charge in [0, 0.05) is 0 Å². The van der Waals surface area contributed by atoms with Gasteiger partial charge in [0.1, 0.15) is 0 Å². The lowest BCUT2D eigenvalue weighted by Crippen LogP contribution is -1.99. The van der Waals surface area contributed by atoms with E-state index in [1.165, 1.54) is 70.5 Å². The lowest BCUT2D eigenvalue weighted by atomic mass is 10.1. The molecule has 1 aromatic carbocycles. The number of unbranched alkanes of at least 4 members (excludes halogenated alkanes) is 10. The zero-order chi connectivity index (χ0) is 16.6. The van der Waals surface area contributed by atoms with Crippen molar-refractivity contribution in [2.24, 2.45) is 0 Å². The zero-order valence-corrected chi connectivity index (χ0v) is 14.6. The summed E-state index contributed by atoms with van der Waals surface area (Å²) < 4.78 is 5.10. The average molecular weight is 316 g/mol. The molecule has 0 atom stereocenters. The molecule has 0 aliphatic rings. The largest absolute Gasteiger partial charge is 0.431 e. The Morgan fingerprint density at radius 1 is 0.870 bits per heavy atom. The van der Waals surface area contributed by atoms with Crippen molar-refractivity contribution in [3.8, 4) is 0 Å². The molecule has 0 aliphatic carbocycles. The smallest absolute Gasteiger partial charge is 0.342 e. The summed E-state index contributed by atoms with van der Waals surface area (Å²) in [4.78, 5) is 11.7. The van der Waals surface area contributed by atoms with Crippen molar-refractivity contribution in [1.82, 2.24) is 0 Å². The molecule has 0 aromatic heterocycles. The summed E-state index contributed by atoms with van der Waals surface area (Å²) in [6.07, 6.45) is 17.9. The first-order valence-corrected chi connectivity index (χ1v) is 9.25. The third-order valence-electron chi connectivity index (χ3n) is 4.01. The van der Waals surface area contributed by atoms with Crippen molar-refractivity contribution >= 4 is 5.97 Å². The van der Waals surface area contributed by atoms with Gasteiger partial charge in [-0.25, -0.2) is 4.79 Å². The number of rotatable bonds is 13. The number of carbonyl (C=O) groups excluding carboxylic acids is 1. The second-order valence-electron chi connectivity index (χ2n) is 6.11. The molecule has 2 nitrogen and oxygen atoms in total. The third-order valence-corrected chi connectivity index (χ3v) is 4.01. The molecule has 0 bridgehead atoms. The van der Waals surface area contributed by atoms with Gasteiger partial charge in [-0.05, 0) is 31.1 Å². The number of ether oxygens (including phenoxy) is 1. The van der Waals surface area contributed by atoms with E-state index in [4.69, 9.17) is 4.74 Å². The maximum Gasteiger partial charge on any atom is 0.342 e. The van der Waals surface area contributed by atoms with Crippen LogP contribution in [0.2, 0.25) is 0 Å². The van der Waals surface area contributed by atoms with Gasteiger partial charge in [0.25, 0.3) is 0 Å². The lowest BCUT2D eigenvalue weighted by molar-refractivity contribution is 0.0662. The summed E-state index contributed by atoms with van der Waals surface area (Å²) >= 11 is 0. The Kier molecular flexibility index (Phi) is 11.9. The van der Waals surface area contributed by atoms with Crippen LogP contribution in [0.3, 0.4) is 0 Å². The van der Waals surface area contributed by atoms with E-state index in [2.05, 4.69) is 6.92 Å². The van der Waals surface area contributed by atoms with Crippen molar-refractivity contribution in [1.29, 1.82) is 0 Å². The van der Waals surface area contributed by atoms with Gasteiger partial charge >= 0.3 is 5.97 Å². The molecule has 0 unspecified atom stereocenters. The van der Waals surface area contributed by atoms with Crippen LogP contribution in [0, 0.1) is 0 Å². The molecule has 2 heteroatoms. The molecule has 1 aromatic rings. The third kappa shape index (κ3) is 10.7. The van der Waals surface area contributed by atoms with E-state index < -0.39 is 0 Å². The quantitative estimate of drug-likeness (QED) is 0.231. The highest BCUT2D eigenvalue weighted by Gasteiger charge is 2.02. The van der Waals surface area contributed by atoms with Crippen LogP contribution < -0.4 is 0 Å². The van der Waals surface area contributed by atoms with Gasteiger partial charge in [-0.3, -0.25) is 0 Å². The monoisotopic (exact) mass is 316 g/mol. The van der Waals surface area contributed by atoms with Gasteiger partial charge in [0.15, 0.2) is 0 Å². The second-order valence-corrected chi connectivity index (χ2v) is 6.11. The standard InChI is InChI=1S/C21H32O2/c1-2-3-4-5-6-7-8-9-10-11-12-16-19-23-21(22)20-17-14-13-15-18-20/h13-19H,2-12H2,1H3. The van der Waals surface area contributed by atoms with Crippen LogP contribution in [0.15, 0.2) is 42.7 Å². The molecule has 0 aliphatic heterocycles. The van der Waals surface area contributed by atoms with Gasteiger partial charge < -0.3 is 4.74 Å². The molecule has 0 radical (unpaired) electrons. The Hall–Kier alpha value is -1.57. The number of allylic oxidation sites excluding steroid dienone is 1. The molecular weight excluding hydrogens is 284 g/mol. The second kappa shape index (κ2) is 14.0. The summed E-state index contributed by atoms with van der Waals surface area (Å²) in [5, 5.41) is 0. The Morgan fingerprint density at radius 2 is 1.43 bits per heavy atom. The topological polar surface area (TPSA) is 26.3 Å². The highest BCUT2D eigenvalue weighted by molar-refractivity contribution is 5.89. The van der Waals surface area contributed by atoms with Crippen molar-refractivity contribution in [3.05, 3.63) is 48.2 Å². The summed E-state index contributed by atoms with van der Waals surface area (Å²) in [7, 11) is 0. The van der Waals surface area contributed by atoms with Gasteiger partial charge in [-0.15, -0.1) is 0 Å². The summed E-state index contributed by atoms with van der Waals surface area (Å²) in [5.74, 6) is -0.287. The van der Waals surface area contributed by atoms with Crippen LogP contribution in [0.4, 0.5) is 0 Å². The Morgan fingerprint density at radius 3 is 2.04 bits per heavy atom. The molecule has 0 fully saturated rings. The van der Waals surface area contributed by atoms with E-state index in [0.717, 1.165) is 6.42 Å². The maximum atomic E-state index is 11.7. The van der Waals surface area contributed by atoms with Crippen LogP contribution in [0.25, 0.3) is 0 Å². The summed E-state index contributed by atoms with van der Waals surface area (Å²) in [6.45, 7) is 2.26. The Labute approximate surface area is 141 Å². The van der Waals surface area contributed by atoms with Crippen LogP contribution in [0.5, 0.6) is 0 Å². The highest BCUT2D eigenvalue weighted by atomic mass is 16.5. The van der Waals surface area contributed by atoms with E-state index in [0.29, 0.717) is 5.56 Å². The fraction of sp³-hybridized carbons (Fsp3) is 0.571. The number of carbonyl (C=O) groups is 1. The summed E-state index contributed by atoms with van der Waals surface area (Å²) in [6, 6.07) is 9.09. The molecular formula is C21H32O2. The first kappa shape index (κ1) is 19.5. The number of hydrogen-bond donors (Lipinski definition) is 0. The van der Waals surface area contributed by atoms with Crippen molar-refractivity contribution in [2.45, 2.75) is 77.6 Å². The minimum Gasteiger partial charge on any atom is -0.431 e. The fourth-order valence-corrected chi connectivity index (χ4v) is 2.57. The first-order chi connectivity index (χ1) is 11.3. The van der Waals surface area contributed by atoms with Gasteiger partial charge in [-0.1, -0.05) is 82.9 Å². The van der Waals surface area contributed by atoms with E-state index in [9.17, 15) is 4.79 Å². The van der Waals surface area contributed by atoms with Gasteiger partial charge in [0.2, 0.25) is 0 Å². The zero-order valence-electron chi connectivity index (χ0n) is 14.6. The van der Waals surface area contributed by atoms with Crippen LogP contribution in [0.1, 0.15) is 87.9 Å². The molecule has 0 N–H and O–H groups in total. The first-order valence-electron chi connectivity index (χ1n) is 9.25. The van der Waals surface area contributed by atoms with Crippen LogP contribution in [-0.4, -0.2) is 5.97 Å². The van der Waals surface area contributed by atoms with Crippen molar-refractivity contribution in [2.75, 3.05) is 0 Å². The Bertz CT molecular complexity index is 423. The normalized spacial score (nSPS) is 11.0. The average Bonchev–Trinajstić information content (AvgIpc) is 2.59. The van der Waals surface area contributed by atoms with Crippen LogP contribution >= 0.6 is 0 Å². The van der Waals surface area contributed by atoms with Gasteiger partial charge in [0.05, 0.1) is 11.8 Å². The molecule has 0 saturated carbocycles. The number of benzene rings is 1. The maximum absolute atomic E-state index is 11.7. The molecule has 0 heterocycles. The predicted octanol–water partition coefficient (Wildman–Crippen LogP) is 6.67. The fourth-order valence-electron chi connectivity index (χ4n) is 2.57. The van der Waals surface area contributed by atoms with E-state index in [1.807, 2.05) is 24.3 Å². The number of esters is 1. The predicted molar refractivity (Wildman–Crippen MR) is 97.5 cm³/mol. The van der Waals surface area contributed by atoms with E-state index in [-0.39, 0.29) is 5.97 Å². The summed E-state index contributed by atoms with van der Waals surface area (Å²) in [5.41, 5.74) is 0.594. The molecule has 0 saturated heterocycles. The number of hydrogen-bond acceptors (Lipinski definition) is 2. The minimum atomic E-state index is -0.287. The molecule has 0 amide bonds. The SMILES string of the molecule is CCCCCCCCCCCCC=COC(=O)c1ccccc1. The highest BCUT2D eigenvalue weighted by Crippen LogP contribution is 2.11. The van der Waals surface area contributed by atoms with Gasteiger partial charge in [-0.2, -0.15) is 0 Å². The van der Waals surface area contributed by atoms with E-state index >= 15 is 0 Å². The van der Waals surface area contributed by atoms with Crippen molar-refractivity contribution < 1.29 is 9.53 Å². The minimum absolute atomic E-state index is 0.287.